The first-order valence-corrected chi connectivity index (χ1v) is 12.9. The molecule has 1 fully saturated rings. The molecule has 190 valence electrons. The van der Waals surface area contributed by atoms with Crippen molar-refractivity contribution in [2.75, 3.05) is 24.5 Å². The molecule has 0 bridgehead atoms. The number of halogens is 2. The van der Waals surface area contributed by atoms with Gasteiger partial charge in [-0.1, -0.05) is 48.5 Å². The lowest BCUT2D eigenvalue weighted by molar-refractivity contribution is -0.130. The Balaban J connectivity index is 1.51. The maximum Gasteiger partial charge on any atom is 0.275 e. The number of amides is 2. The molecule has 5 rings (SSSR count). The van der Waals surface area contributed by atoms with Crippen molar-refractivity contribution in [3.05, 3.63) is 76.8 Å². The van der Waals surface area contributed by atoms with Gasteiger partial charge in [0.05, 0.1) is 11.4 Å². The predicted molar refractivity (Wildman–Crippen MR) is 139 cm³/mol. The van der Waals surface area contributed by atoms with Crippen LogP contribution in [0.4, 0.5) is 14.5 Å². The Morgan fingerprint density at radius 1 is 1.00 bits per heavy atom. The number of thiazole rings is 1. The van der Waals surface area contributed by atoms with Crippen LogP contribution >= 0.6 is 11.3 Å². The number of carbonyl (C=O) groups excluding carboxylic acids is 3. The Morgan fingerprint density at radius 3 is 2.41 bits per heavy atom. The molecular formula is C28H25F2N3O3S. The molecule has 6 nitrogen and oxygen atoms in total. The van der Waals surface area contributed by atoms with Crippen molar-refractivity contribution in [2.45, 2.75) is 32.1 Å². The van der Waals surface area contributed by atoms with Crippen LogP contribution in [0, 0.1) is 6.92 Å². The lowest BCUT2D eigenvalue weighted by atomic mass is 9.96. The van der Waals surface area contributed by atoms with Gasteiger partial charge in [-0.15, -0.1) is 11.3 Å². The average molecular weight is 522 g/mol. The minimum absolute atomic E-state index is 0.0600. The Kier molecular flexibility index (Phi) is 6.72. The number of hydrogen-bond acceptors (Lipinski definition) is 5. The molecule has 2 aliphatic heterocycles. The summed E-state index contributed by atoms with van der Waals surface area (Å²) in [4.78, 5) is 45.9. The Bertz CT molecular complexity index is 1390. The van der Waals surface area contributed by atoms with Gasteiger partial charge in [-0.2, -0.15) is 0 Å². The maximum atomic E-state index is 15.5. The van der Waals surface area contributed by atoms with E-state index in [1.54, 1.807) is 25.1 Å². The topological polar surface area (TPSA) is 70.6 Å². The summed E-state index contributed by atoms with van der Waals surface area (Å²) in [7, 11) is 0. The zero-order chi connectivity index (χ0) is 26.2. The minimum Gasteiger partial charge on any atom is -0.338 e. The molecule has 0 unspecified atom stereocenters. The Labute approximate surface area is 217 Å². The van der Waals surface area contributed by atoms with E-state index in [4.69, 9.17) is 0 Å². The number of allylic oxidation sites excluding steroid dienone is 1. The van der Waals surface area contributed by atoms with Crippen LogP contribution in [-0.4, -0.2) is 53.0 Å². The zero-order valence-corrected chi connectivity index (χ0v) is 21.1. The third kappa shape index (κ3) is 4.96. The summed E-state index contributed by atoms with van der Waals surface area (Å²) in [5.74, 6) is -4.22. The zero-order valence-electron chi connectivity index (χ0n) is 20.2. The van der Waals surface area contributed by atoms with Crippen molar-refractivity contribution in [1.29, 1.82) is 0 Å². The van der Waals surface area contributed by atoms with E-state index in [0.29, 0.717) is 21.3 Å². The predicted octanol–water partition coefficient (Wildman–Crippen LogP) is 5.38. The number of fused-ring (bicyclic) bond motifs is 1. The molecule has 3 heterocycles. The molecule has 2 amide bonds. The highest BCUT2D eigenvalue weighted by Crippen LogP contribution is 2.44. The van der Waals surface area contributed by atoms with Crippen molar-refractivity contribution in [2.24, 2.45) is 0 Å². The first-order valence-electron chi connectivity index (χ1n) is 12.1. The number of alkyl halides is 2. The molecule has 0 aliphatic carbocycles. The first kappa shape index (κ1) is 25.0. The van der Waals surface area contributed by atoms with E-state index in [1.807, 2.05) is 30.3 Å². The highest BCUT2D eigenvalue weighted by Gasteiger charge is 2.42. The van der Waals surface area contributed by atoms with Crippen LogP contribution in [0.5, 0.6) is 0 Å². The normalized spacial score (nSPS) is 18.5. The molecule has 9 heteroatoms. The van der Waals surface area contributed by atoms with Gasteiger partial charge < -0.3 is 9.80 Å². The van der Waals surface area contributed by atoms with Crippen molar-refractivity contribution < 1.29 is 23.2 Å². The maximum absolute atomic E-state index is 15.5. The van der Waals surface area contributed by atoms with Gasteiger partial charge in [0.1, 0.15) is 15.7 Å². The lowest BCUT2D eigenvalue weighted by Gasteiger charge is -2.26. The summed E-state index contributed by atoms with van der Waals surface area (Å²) in [5.41, 5.74) is 1.47. The fraction of sp³-hybridized carbons (Fsp3) is 0.286. The quantitative estimate of drug-likeness (QED) is 0.434. The molecule has 2 aliphatic rings. The van der Waals surface area contributed by atoms with Crippen molar-refractivity contribution in [1.82, 2.24) is 9.88 Å². The fourth-order valence-corrected chi connectivity index (χ4v) is 5.67. The average Bonchev–Trinajstić information content (AvgIpc) is 3.25. The highest BCUT2D eigenvalue weighted by atomic mass is 32.1. The van der Waals surface area contributed by atoms with Gasteiger partial charge >= 0.3 is 0 Å². The molecule has 0 atom stereocenters. The summed E-state index contributed by atoms with van der Waals surface area (Å²) in [6.07, 6.45) is 0.801. The Hall–Kier alpha value is -3.72. The van der Waals surface area contributed by atoms with E-state index in [0.717, 1.165) is 11.6 Å². The van der Waals surface area contributed by atoms with Crippen molar-refractivity contribution in [3.8, 4) is 10.6 Å². The Morgan fingerprint density at radius 2 is 1.68 bits per heavy atom. The molecule has 37 heavy (non-hydrogen) atoms. The number of aryl methyl sites for hydroxylation is 1. The van der Waals surface area contributed by atoms with Crippen LogP contribution < -0.4 is 4.90 Å². The van der Waals surface area contributed by atoms with Gasteiger partial charge in [-0.3, -0.25) is 14.4 Å². The van der Waals surface area contributed by atoms with E-state index in [2.05, 4.69) is 4.98 Å². The number of rotatable bonds is 3. The number of para-hydroxylation sites is 1. The second-order valence-electron chi connectivity index (χ2n) is 9.15. The number of piperidine rings is 1. The van der Waals surface area contributed by atoms with Gasteiger partial charge in [0.2, 0.25) is 5.91 Å². The molecule has 1 aromatic heterocycles. The molecule has 0 radical (unpaired) electrons. The highest BCUT2D eigenvalue weighted by molar-refractivity contribution is 7.17. The van der Waals surface area contributed by atoms with Crippen LogP contribution in [0.2, 0.25) is 0 Å². The number of aromatic nitrogens is 1. The standard InChI is InChI=1S/C28H25F2N3O3S/c1-18-25(37-26(31-18)19-7-3-2-4-8-19)27(36)33-16-13-28(29,30)22(21-9-5-6-10-23(21)33)17-24(35)32-14-11-20(34)12-15-32/h2-10,17H,11-16H2,1H3/b22-17-. The number of hydrogen-bond donors (Lipinski definition) is 0. The number of anilines is 1. The number of likely N-dealkylation sites (tertiary alicyclic amines) is 1. The van der Waals surface area contributed by atoms with Crippen LogP contribution in [0.15, 0.2) is 60.7 Å². The van der Waals surface area contributed by atoms with E-state index in [1.165, 1.54) is 27.2 Å². The SMILES string of the molecule is Cc1nc(-c2ccccc2)sc1C(=O)N1CCC(F)(F)/C(=C\C(=O)N2CCC(=O)CC2)c2ccccc21. The molecule has 3 aromatic rings. The van der Waals surface area contributed by atoms with Gasteiger partial charge in [-0.05, 0) is 13.0 Å². The monoisotopic (exact) mass is 521 g/mol. The van der Waals surface area contributed by atoms with Crippen LogP contribution in [-0.2, 0) is 9.59 Å². The number of Topliss-reactive ketones (excluding diaryl/α,β-unsaturated/α-hetero) is 1. The van der Waals surface area contributed by atoms with E-state index >= 15 is 8.78 Å². The van der Waals surface area contributed by atoms with Gasteiger partial charge in [0.25, 0.3) is 11.8 Å². The van der Waals surface area contributed by atoms with E-state index < -0.39 is 29.7 Å². The lowest BCUT2D eigenvalue weighted by Crippen LogP contribution is -2.38. The number of carbonyl (C=O) groups is 3. The summed E-state index contributed by atoms with van der Waals surface area (Å²) in [6.45, 7) is 1.95. The van der Waals surface area contributed by atoms with Gasteiger partial charge in [0.15, 0.2) is 0 Å². The second kappa shape index (κ2) is 9.97. The summed E-state index contributed by atoms with van der Waals surface area (Å²) in [5, 5.41) is 0.682. The molecule has 1 saturated heterocycles. The van der Waals surface area contributed by atoms with Crippen LogP contribution in [0.3, 0.4) is 0 Å². The number of benzene rings is 2. The molecule has 0 saturated carbocycles. The molecular weight excluding hydrogens is 496 g/mol. The summed E-state index contributed by atoms with van der Waals surface area (Å²) in [6, 6.07) is 15.9. The minimum atomic E-state index is -3.33. The summed E-state index contributed by atoms with van der Waals surface area (Å²) >= 11 is 1.23. The molecule has 0 spiro atoms. The van der Waals surface area contributed by atoms with Crippen LogP contribution in [0.25, 0.3) is 16.1 Å². The van der Waals surface area contributed by atoms with E-state index in [9.17, 15) is 14.4 Å². The number of nitrogens with zero attached hydrogens (tertiary/aromatic N) is 3. The van der Waals surface area contributed by atoms with E-state index in [-0.39, 0.29) is 43.8 Å². The third-order valence-corrected chi connectivity index (χ3v) is 7.88. The number of ketones is 1. The van der Waals surface area contributed by atoms with Gasteiger partial charge in [0, 0.05) is 61.7 Å². The van der Waals surface area contributed by atoms with Crippen LogP contribution in [0.1, 0.15) is 40.2 Å². The van der Waals surface area contributed by atoms with Crippen molar-refractivity contribution >= 4 is 40.2 Å². The summed E-state index contributed by atoms with van der Waals surface area (Å²) < 4.78 is 31.0. The largest absolute Gasteiger partial charge is 0.338 e. The fourth-order valence-electron chi connectivity index (χ4n) is 4.65. The van der Waals surface area contributed by atoms with Crippen molar-refractivity contribution in [3.63, 3.8) is 0 Å². The third-order valence-electron chi connectivity index (χ3n) is 6.69. The van der Waals surface area contributed by atoms with Gasteiger partial charge in [-0.25, -0.2) is 13.8 Å². The smallest absolute Gasteiger partial charge is 0.275 e. The second-order valence-corrected chi connectivity index (χ2v) is 10.1. The molecule has 0 N–H and O–H groups in total. The molecule has 2 aromatic carbocycles. The first-order chi connectivity index (χ1) is 17.7.